The van der Waals surface area contributed by atoms with Gasteiger partial charge in [0.15, 0.2) is 0 Å². The lowest BCUT2D eigenvalue weighted by molar-refractivity contribution is 0.0614. The predicted molar refractivity (Wildman–Crippen MR) is 64.9 cm³/mol. The normalized spacial score (nSPS) is 32.8. The Morgan fingerprint density at radius 2 is 2.07 bits per heavy atom. The third kappa shape index (κ3) is 2.52. The highest BCUT2D eigenvalue weighted by Gasteiger charge is 2.41. The summed E-state index contributed by atoms with van der Waals surface area (Å²) in [4.78, 5) is 0. The van der Waals surface area contributed by atoms with Gasteiger partial charge in [-0.3, -0.25) is 0 Å². The van der Waals surface area contributed by atoms with Crippen LogP contribution in [0.3, 0.4) is 0 Å². The minimum Gasteiger partial charge on any atom is -0.378 e. The van der Waals surface area contributed by atoms with E-state index in [-0.39, 0.29) is 0 Å². The van der Waals surface area contributed by atoms with Gasteiger partial charge in [0.2, 0.25) is 0 Å². The van der Waals surface area contributed by atoms with Crippen LogP contribution in [0.5, 0.6) is 0 Å². The summed E-state index contributed by atoms with van der Waals surface area (Å²) in [6.07, 6.45) is 5.60. The molecule has 1 saturated heterocycles. The zero-order valence-corrected chi connectivity index (χ0v) is 11.3. The van der Waals surface area contributed by atoms with Crippen LogP contribution >= 0.6 is 15.9 Å². The Morgan fingerprint density at radius 3 is 2.43 bits per heavy atom. The fraction of sp³-hybridized carbons (Fsp3) is 1.00. The zero-order valence-electron chi connectivity index (χ0n) is 9.68. The average molecular weight is 263 g/mol. The van der Waals surface area contributed by atoms with Crippen LogP contribution in [0.4, 0.5) is 0 Å². The van der Waals surface area contributed by atoms with Gasteiger partial charge in [0.25, 0.3) is 0 Å². The van der Waals surface area contributed by atoms with E-state index in [2.05, 4.69) is 36.7 Å². The molecule has 0 N–H and O–H groups in total. The number of rotatable bonds is 5. The summed E-state index contributed by atoms with van der Waals surface area (Å²) < 4.78 is 5.72. The lowest BCUT2D eigenvalue weighted by atomic mass is 9.75. The second-order valence-corrected chi connectivity index (χ2v) is 5.21. The van der Waals surface area contributed by atoms with Crippen LogP contribution in [-0.2, 0) is 4.74 Å². The summed E-state index contributed by atoms with van der Waals surface area (Å²) >= 11 is 3.68. The number of alkyl halides is 1. The first kappa shape index (κ1) is 12.5. The Kier molecular flexibility index (Phi) is 4.92. The number of hydrogen-bond acceptors (Lipinski definition) is 1. The molecule has 2 heteroatoms. The van der Waals surface area contributed by atoms with E-state index in [0.29, 0.717) is 11.5 Å². The SMILES string of the molecule is CCC(CC)CC1(CBr)CCOC1C. The molecule has 1 aliphatic heterocycles. The Bertz CT molecular complexity index is 168. The topological polar surface area (TPSA) is 9.23 Å². The highest BCUT2D eigenvalue weighted by Crippen LogP contribution is 2.43. The molecule has 14 heavy (non-hydrogen) atoms. The molecule has 1 aliphatic rings. The maximum Gasteiger partial charge on any atom is 0.0612 e. The maximum atomic E-state index is 5.72. The van der Waals surface area contributed by atoms with Gasteiger partial charge in [-0.1, -0.05) is 42.6 Å². The standard InChI is InChI=1S/C12H23BrO/c1-4-11(5-2)8-12(9-13)6-7-14-10(12)3/h10-11H,4-9H2,1-3H3. The van der Waals surface area contributed by atoms with Crippen LogP contribution in [0.15, 0.2) is 0 Å². The van der Waals surface area contributed by atoms with Gasteiger partial charge in [0.1, 0.15) is 0 Å². The molecule has 0 radical (unpaired) electrons. The summed E-state index contributed by atoms with van der Waals surface area (Å²) in [5.41, 5.74) is 0.413. The van der Waals surface area contributed by atoms with Gasteiger partial charge in [-0.25, -0.2) is 0 Å². The first-order valence-electron chi connectivity index (χ1n) is 5.86. The molecule has 0 saturated carbocycles. The van der Waals surface area contributed by atoms with Crippen molar-refractivity contribution >= 4 is 15.9 Å². The van der Waals surface area contributed by atoms with E-state index in [1.807, 2.05) is 0 Å². The molecule has 0 aromatic rings. The molecule has 1 rings (SSSR count). The lowest BCUT2D eigenvalue weighted by Gasteiger charge is -2.33. The largest absolute Gasteiger partial charge is 0.378 e. The summed E-state index contributed by atoms with van der Waals surface area (Å²) in [6.45, 7) is 7.79. The van der Waals surface area contributed by atoms with Crippen molar-refractivity contribution in [1.82, 2.24) is 0 Å². The van der Waals surface area contributed by atoms with E-state index in [9.17, 15) is 0 Å². The second kappa shape index (κ2) is 5.50. The van der Waals surface area contributed by atoms with Gasteiger partial charge >= 0.3 is 0 Å². The zero-order chi connectivity index (χ0) is 10.6. The number of halogens is 1. The molecule has 1 fully saturated rings. The molecule has 1 heterocycles. The van der Waals surface area contributed by atoms with Gasteiger partial charge in [-0.05, 0) is 25.7 Å². The van der Waals surface area contributed by atoms with Crippen LogP contribution in [0.25, 0.3) is 0 Å². The van der Waals surface area contributed by atoms with Gasteiger partial charge < -0.3 is 4.74 Å². The fourth-order valence-corrected chi connectivity index (χ4v) is 3.43. The van der Waals surface area contributed by atoms with Crippen molar-refractivity contribution in [2.24, 2.45) is 11.3 Å². The number of hydrogen-bond donors (Lipinski definition) is 0. The van der Waals surface area contributed by atoms with E-state index >= 15 is 0 Å². The van der Waals surface area contributed by atoms with Crippen molar-refractivity contribution in [3.05, 3.63) is 0 Å². The summed E-state index contributed by atoms with van der Waals surface area (Å²) in [6, 6.07) is 0. The average Bonchev–Trinajstić information content (AvgIpc) is 2.57. The lowest BCUT2D eigenvalue weighted by Crippen LogP contribution is -2.32. The molecule has 0 bridgehead atoms. The van der Waals surface area contributed by atoms with E-state index in [0.717, 1.165) is 17.9 Å². The van der Waals surface area contributed by atoms with E-state index in [4.69, 9.17) is 4.74 Å². The van der Waals surface area contributed by atoms with Crippen LogP contribution in [-0.4, -0.2) is 18.0 Å². The first-order chi connectivity index (χ1) is 6.68. The first-order valence-corrected chi connectivity index (χ1v) is 6.98. The summed E-state index contributed by atoms with van der Waals surface area (Å²) in [7, 11) is 0. The Morgan fingerprint density at radius 1 is 1.43 bits per heavy atom. The van der Waals surface area contributed by atoms with E-state index in [1.54, 1.807) is 0 Å². The van der Waals surface area contributed by atoms with E-state index in [1.165, 1.54) is 25.7 Å². The van der Waals surface area contributed by atoms with Crippen molar-refractivity contribution in [3.63, 3.8) is 0 Å². The molecule has 0 aromatic carbocycles. The van der Waals surface area contributed by atoms with Crippen LogP contribution in [0.2, 0.25) is 0 Å². The third-order valence-electron chi connectivity index (χ3n) is 3.95. The molecule has 0 spiro atoms. The van der Waals surface area contributed by atoms with Gasteiger partial charge in [-0.15, -0.1) is 0 Å². The van der Waals surface area contributed by atoms with Crippen molar-refractivity contribution < 1.29 is 4.74 Å². The molecule has 84 valence electrons. The monoisotopic (exact) mass is 262 g/mol. The quantitative estimate of drug-likeness (QED) is 0.681. The number of ether oxygens (including phenoxy) is 1. The van der Waals surface area contributed by atoms with Crippen molar-refractivity contribution in [2.75, 3.05) is 11.9 Å². The summed E-state index contributed by atoms with van der Waals surface area (Å²) in [5, 5.41) is 1.09. The van der Waals surface area contributed by atoms with E-state index < -0.39 is 0 Å². The smallest absolute Gasteiger partial charge is 0.0612 e. The molecule has 2 atom stereocenters. The highest BCUT2D eigenvalue weighted by molar-refractivity contribution is 9.09. The van der Waals surface area contributed by atoms with Crippen molar-refractivity contribution in [2.45, 2.75) is 52.6 Å². The van der Waals surface area contributed by atoms with Gasteiger partial charge in [-0.2, -0.15) is 0 Å². The van der Waals surface area contributed by atoms with Crippen LogP contribution in [0.1, 0.15) is 46.5 Å². The van der Waals surface area contributed by atoms with Crippen molar-refractivity contribution in [1.29, 1.82) is 0 Å². The predicted octanol–water partition coefficient (Wildman–Crippen LogP) is 4.00. The van der Waals surface area contributed by atoms with Crippen molar-refractivity contribution in [3.8, 4) is 0 Å². The Hall–Kier alpha value is 0.440. The molecule has 0 aromatic heterocycles. The van der Waals surface area contributed by atoms with Crippen LogP contribution in [0, 0.1) is 11.3 Å². The molecule has 2 unspecified atom stereocenters. The summed E-state index contributed by atoms with van der Waals surface area (Å²) in [5.74, 6) is 0.872. The van der Waals surface area contributed by atoms with Gasteiger partial charge in [0.05, 0.1) is 6.10 Å². The second-order valence-electron chi connectivity index (χ2n) is 4.65. The fourth-order valence-electron chi connectivity index (χ4n) is 2.47. The minimum absolute atomic E-state index is 0.413. The molecule has 0 aliphatic carbocycles. The van der Waals surface area contributed by atoms with Gasteiger partial charge in [0, 0.05) is 17.4 Å². The Labute approximate surface area is 96.7 Å². The molecule has 0 amide bonds. The maximum absolute atomic E-state index is 5.72. The molecule has 1 nitrogen and oxygen atoms in total. The van der Waals surface area contributed by atoms with Crippen LogP contribution < -0.4 is 0 Å². The Balaban J connectivity index is 2.60. The molecular formula is C12H23BrO. The molecular weight excluding hydrogens is 240 g/mol. The third-order valence-corrected chi connectivity index (χ3v) is 5.06. The minimum atomic E-state index is 0.413. The highest BCUT2D eigenvalue weighted by atomic mass is 79.9.